The maximum Gasteiger partial charge on any atom is 0.418 e. The fourth-order valence-electron chi connectivity index (χ4n) is 5.34. The van der Waals surface area contributed by atoms with Crippen molar-refractivity contribution in [2.45, 2.75) is 44.7 Å². The number of carbonyl (C=O) groups is 3. The van der Waals surface area contributed by atoms with Gasteiger partial charge in [0.25, 0.3) is 6.33 Å². The Morgan fingerprint density at radius 2 is 1.90 bits per heavy atom. The number of rotatable bonds is 14. The summed E-state index contributed by atoms with van der Waals surface area (Å²) in [5.74, 6) is -3.27. The van der Waals surface area contributed by atoms with Crippen LogP contribution in [0.2, 0.25) is 0 Å². The molecule has 3 atom stereocenters. The van der Waals surface area contributed by atoms with Crippen molar-refractivity contribution in [2.75, 3.05) is 25.5 Å². The molecule has 0 aliphatic carbocycles. The molecule has 52 heavy (non-hydrogen) atoms. The van der Waals surface area contributed by atoms with Crippen molar-refractivity contribution in [3.05, 3.63) is 112 Å². The molecule has 0 aliphatic heterocycles. The number of benzene rings is 2. The maximum atomic E-state index is 15.3. The zero-order valence-corrected chi connectivity index (χ0v) is 29.5. The van der Waals surface area contributed by atoms with Crippen LogP contribution in [0.25, 0.3) is 11.3 Å². The Morgan fingerprint density at radius 3 is 2.62 bits per heavy atom. The lowest BCUT2D eigenvalue weighted by molar-refractivity contribution is -0.753. The van der Waals surface area contributed by atoms with Gasteiger partial charge in [0.2, 0.25) is 18.5 Å². The van der Waals surface area contributed by atoms with Crippen LogP contribution in [0.15, 0.2) is 78.8 Å². The second-order valence-corrected chi connectivity index (χ2v) is 12.8. The normalized spacial score (nSPS) is 13.5. The van der Waals surface area contributed by atoms with Gasteiger partial charge in [-0.3, -0.25) is 14.5 Å². The molecule has 3 heterocycles. The molecular weight excluding hydrogens is 698 g/mol. The molecule has 2 amide bonds. The number of nitrogens with one attached hydrogen (secondary N) is 1. The monoisotopic (exact) mass is 735 g/mol. The minimum absolute atomic E-state index is 0.0188. The molecule has 0 saturated heterocycles. The van der Waals surface area contributed by atoms with Crippen LogP contribution < -0.4 is 20.5 Å². The molecule has 4 N–H and O–H groups in total. The number of nitrogens with two attached hydrogens (primary N) is 1. The average Bonchev–Trinajstić information content (AvgIpc) is 3.82. The van der Waals surface area contributed by atoms with Crippen LogP contribution in [-0.4, -0.2) is 63.5 Å². The third-order valence-electron chi connectivity index (χ3n) is 8.33. The van der Waals surface area contributed by atoms with E-state index in [4.69, 9.17) is 15.2 Å². The van der Waals surface area contributed by atoms with E-state index in [0.29, 0.717) is 27.4 Å². The number of pyridine rings is 1. The number of hydrogen-bond donors (Lipinski definition) is 3. The molecule has 5 aromatic rings. The Morgan fingerprint density at radius 1 is 1.15 bits per heavy atom. The lowest BCUT2D eigenvalue weighted by Gasteiger charge is -2.32. The van der Waals surface area contributed by atoms with E-state index in [1.54, 1.807) is 62.7 Å². The zero-order valence-electron chi connectivity index (χ0n) is 28.7. The quantitative estimate of drug-likeness (QED) is 0.112. The molecule has 14 nitrogen and oxygen atoms in total. The van der Waals surface area contributed by atoms with Gasteiger partial charge in [0.15, 0.2) is 0 Å². The Labute approximate surface area is 301 Å². The Kier molecular flexibility index (Phi) is 11.7. The number of carbonyl (C=O) groups excluding carboxylic acids is 3. The van der Waals surface area contributed by atoms with Crippen LogP contribution in [0.1, 0.15) is 52.5 Å². The first-order chi connectivity index (χ1) is 24.8. The lowest BCUT2D eigenvalue weighted by Crippen LogP contribution is -2.42. The topological polar surface area (TPSA) is 179 Å². The number of aliphatic hydroxyl groups is 1. The summed E-state index contributed by atoms with van der Waals surface area (Å²) in [5.41, 5.74) is 5.04. The van der Waals surface area contributed by atoms with Gasteiger partial charge in [-0.2, -0.15) is 4.57 Å². The Hall–Kier alpha value is -5.65. The predicted molar refractivity (Wildman–Crippen MR) is 185 cm³/mol. The summed E-state index contributed by atoms with van der Waals surface area (Å²) in [6.07, 6.45) is 2.61. The number of aromatic nitrogens is 5. The molecule has 0 saturated carbocycles. The van der Waals surface area contributed by atoms with Gasteiger partial charge >= 0.3 is 12.1 Å². The van der Waals surface area contributed by atoms with E-state index in [1.807, 2.05) is 0 Å². The van der Waals surface area contributed by atoms with Crippen molar-refractivity contribution in [3.8, 4) is 11.3 Å². The van der Waals surface area contributed by atoms with E-state index in [1.165, 1.54) is 51.4 Å². The van der Waals surface area contributed by atoms with E-state index in [-0.39, 0.29) is 31.1 Å². The second kappa shape index (κ2) is 16.1. The lowest BCUT2D eigenvalue weighted by atomic mass is 9.82. The highest BCUT2D eigenvalue weighted by Gasteiger charge is 2.43. The number of primary amides is 1. The largest absolute Gasteiger partial charge is 0.460 e. The summed E-state index contributed by atoms with van der Waals surface area (Å²) in [6.45, 7) is 2.80. The summed E-state index contributed by atoms with van der Waals surface area (Å²) >= 11 is 1.22. The van der Waals surface area contributed by atoms with Crippen molar-refractivity contribution < 1.29 is 42.3 Å². The van der Waals surface area contributed by atoms with Crippen LogP contribution in [0.5, 0.6) is 0 Å². The summed E-state index contributed by atoms with van der Waals surface area (Å²) in [6, 6.07) is 12.7. The van der Waals surface area contributed by atoms with E-state index in [2.05, 4.69) is 20.4 Å². The van der Waals surface area contributed by atoms with Gasteiger partial charge < -0.3 is 25.6 Å². The first kappa shape index (κ1) is 37.6. The average molecular weight is 736 g/mol. The van der Waals surface area contributed by atoms with Gasteiger partial charge in [-0.05, 0) is 43.4 Å². The van der Waals surface area contributed by atoms with Crippen LogP contribution in [0.3, 0.4) is 0 Å². The SMILES string of the molecule is CNCC(=O)OCc1cccnc1N(C)C(=O)OC(C)[n+]1cnn(CC(O)(c2cc(F)ccc2F)C(C)c2nc(-c3ccc(C(N)=O)cc3)cs2)c1. The Balaban J connectivity index is 1.35. The molecule has 3 unspecified atom stereocenters. The summed E-state index contributed by atoms with van der Waals surface area (Å²) < 4.78 is 43.5. The number of ether oxygens (including phenoxy) is 2. The first-order valence-electron chi connectivity index (χ1n) is 16.0. The van der Waals surface area contributed by atoms with Gasteiger partial charge in [0, 0.05) is 58.8 Å². The molecule has 0 spiro atoms. The Bertz CT molecular complexity index is 2060. The predicted octanol–water partition coefficient (Wildman–Crippen LogP) is 3.81. The van der Waals surface area contributed by atoms with Crippen LogP contribution in [0.4, 0.5) is 19.4 Å². The number of thiazole rings is 1. The number of nitrogens with zero attached hydrogens (tertiary/aromatic N) is 6. The fourth-order valence-corrected chi connectivity index (χ4v) is 6.31. The van der Waals surface area contributed by atoms with E-state index in [9.17, 15) is 23.9 Å². The number of anilines is 1. The summed E-state index contributed by atoms with van der Waals surface area (Å²) in [7, 11) is 3.07. The summed E-state index contributed by atoms with van der Waals surface area (Å²) in [5, 5.41) is 21.5. The molecule has 3 aromatic heterocycles. The highest BCUT2D eigenvalue weighted by atomic mass is 32.1. The third-order valence-corrected chi connectivity index (χ3v) is 9.36. The van der Waals surface area contributed by atoms with Crippen LogP contribution in [-0.2, 0) is 33.0 Å². The molecule has 17 heteroatoms. The van der Waals surface area contributed by atoms with Crippen molar-refractivity contribution in [2.24, 2.45) is 5.73 Å². The molecular formula is C35H37F2N8O6S+. The molecule has 2 aromatic carbocycles. The first-order valence-corrected chi connectivity index (χ1v) is 16.8. The van der Waals surface area contributed by atoms with Crippen molar-refractivity contribution >= 4 is 35.1 Å². The van der Waals surface area contributed by atoms with Crippen molar-refractivity contribution in [1.29, 1.82) is 0 Å². The highest BCUT2D eigenvalue weighted by Crippen LogP contribution is 2.41. The zero-order chi connectivity index (χ0) is 37.6. The third kappa shape index (κ3) is 8.44. The molecule has 0 fully saturated rings. The number of amides is 2. The maximum absolute atomic E-state index is 15.3. The second-order valence-electron chi connectivity index (χ2n) is 11.9. The fraction of sp³-hybridized carbons (Fsp3) is 0.286. The van der Waals surface area contributed by atoms with E-state index >= 15 is 4.39 Å². The number of likely N-dealkylation sites (N-methyl/N-ethyl adjacent to an activating group) is 1. The minimum atomic E-state index is -2.06. The molecule has 272 valence electrons. The van der Waals surface area contributed by atoms with Gasteiger partial charge in [-0.25, -0.2) is 23.5 Å². The van der Waals surface area contributed by atoms with Crippen LogP contribution >= 0.6 is 11.3 Å². The number of halogens is 2. The van der Waals surface area contributed by atoms with Crippen molar-refractivity contribution in [1.82, 2.24) is 25.1 Å². The molecule has 5 rings (SSSR count). The minimum Gasteiger partial charge on any atom is -0.460 e. The van der Waals surface area contributed by atoms with E-state index in [0.717, 1.165) is 18.2 Å². The molecule has 0 aliphatic rings. The smallest absolute Gasteiger partial charge is 0.418 e. The summed E-state index contributed by atoms with van der Waals surface area (Å²) in [4.78, 5) is 46.6. The van der Waals surface area contributed by atoms with Gasteiger partial charge in [0.05, 0.1) is 17.2 Å². The molecule has 0 radical (unpaired) electrons. The number of hydrogen-bond acceptors (Lipinski definition) is 11. The van der Waals surface area contributed by atoms with Crippen LogP contribution in [0, 0.1) is 11.6 Å². The highest BCUT2D eigenvalue weighted by molar-refractivity contribution is 7.10. The standard InChI is InChI=1S/C35H36F2N8O6S/c1-21(33-42-29(17-52-33)23-7-9-24(10-8-23)31(38)47)35(49,27-14-26(36)11-12-28(27)37)18-45-20-44(19-41-45)22(2)51-34(48)43(4)32-25(6-5-13-40-32)16-50-30(46)15-39-3/h5-14,17,19-22,39,49H,15-16,18H2,1-4H3,(H-,38,47)/p+1. The molecule has 0 bridgehead atoms. The van der Waals surface area contributed by atoms with Crippen molar-refractivity contribution in [3.63, 3.8) is 0 Å². The van der Waals surface area contributed by atoms with E-state index < -0.39 is 47.4 Å². The van der Waals surface area contributed by atoms with Gasteiger partial charge in [-0.1, -0.05) is 25.1 Å². The van der Waals surface area contributed by atoms with Gasteiger partial charge in [0.1, 0.15) is 36.2 Å². The van der Waals surface area contributed by atoms with Gasteiger partial charge in [-0.15, -0.1) is 16.0 Å². The number of esters is 1.